The maximum absolute atomic E-state index is 13.8. The van der Waals surface area contributed by atoms with Crippen LogP contribution in [0.1, 0.15) is 22.4 Å². The Balaban J connectivity index is 1.99. The number of aromatic nitrogens is 1. The molecular weight excluding hydrogens is 426 g/mol. The molecule has 32 heavy (non-hydrogen) atoms. The van der Waals surface area contributed by atoms with E-state index in [-0.39, 0.29) is 23.7 Å². The Hall–Kier alpha value is -3.39. The Labute approximate surface area is 189 Å². The normalized spacial score (nSPS) is 11.1. The molecule has 0 saturated heterocycles. The quantitative estimate of drug-likeness (QED) is 0.564. The molecule has 0 aliphatic rings. The summed E-state index contributed by atoms with van der Waals surface area (Å²) in [5.41, 5.74) is 3.65. The fourth-order valence-corrected chi connectivity index (χ4v) is 5.04. The highest BCUT2D eigenvalue weighted by Crippen LogP contribution is 2.31. The number of ether oxygens (including phenoxy) is 1. The number of sulfonamides is 1. The van der Waals surface area contributed by atoms with Gasteiger partial charge in [0.05, 0.1) is 25.0 Å². The molecule has 0 unspecified atom stereocenters. The number of carbonyl (C=O) groups excluding carboxylic acids is 1. The van der Waals surface area contributed by atoms with Gasteiger partial charge in [-0.05, 0) is 73.9 Å². The number of benzene rings is 2. The Morgan fingerprint density at radius 2 is 1.72 bits per heavy atom. The fraction of sp³-hybridized carbons (Fsp3) is 0.250. The summed E-state index contributed by atoms with van der Waals surface area (Å²) in [7, 11) is -2.68. The third kappa shape index (κ3) is 5.45. The number of pyridine rings is 1. The second kappa shape index (κ2) is 9.82. The first-order valence-electron chi connectivity index (χ1n) is 10.1. The minimum atomic E-state index is -4.10. The first kappa shape index (κ1) is 23.3. The SMILES string of the molecule is COc1ccc(C)cc1S(=O)(=O)N(CC(=O)NCc1ccccn1)c1cc(C)cc(C)c1. The van der Waals surface area contributed by atoms with Crippen molar-refractivity contribution in [3.63, 3.8) is 0 Å². The van der Waals surface area contributed by atoms with Crippen LogP contribution in [0.15, 0.2) is 65.7 Å². The van der Waals surface area contributed by atoms with Gasteiger partial charge in [-0.15, -0.1) is 0 Å². The van der Waals surface area contributed by atoms with Gasteiger partial charge in [-0.2, -0.15) is 0 Å². The molecule has 0 aliphatic heterocycles. The lowest BCUT2D eigenvalue weighted by Gasteiger charge is -2.26. The fourth-order valence-electron chi connectivity index (χ4n) is 3.39. The molecule has 0 aliphatic carbocycles. The van der Waals surface area contributed by atoms with Gasteiger partial charge in [-0.1, -0.05) is 18.2 Å². The van der Waals surface area contributed by atoms with E-state index in [0.717, 1.165) is 21.0 Å². The Kier molecular flexibility index (Phi) is 7.15. The molecule has 1 aromatic heterocycles. The molecule has 0 radical (unpaired) electrons. The molecule has 3 aromatic rings. The average molecular weight is 454 g/mol. The van der Waals surface area contributed by atoms with Crippen LogP contribution in [0.5, 0.6) is 5.75 Å². The van der Waals surface area contributed by atoms with E-state index in [4.69, 9.17) is 4.74 Å². The number of amides is 1. The van der Waals surface area contributed by atoms with Crippen LogP contribution in [0, 0.1) is 20.8 Å². The number of anilines is 1. The third-order valence-corrected chi connectivity index (χ3v) is 6.66. The largest absolute Gasteiger partial charge is 0.495 e. The molecule has 1 N–H and O–H groups in total. The zero-order valence-electron chi connectivity index (χ0n) is 18.6. The van der Waals surface area contributed by atoms with Crippen LogP contribution in [0.25, 0.3) is 0 Å². The molecule has 0 spiro atoms. The van der Waals surface area contributed by atoms with Crippen molar-refractivity contribution < 1.29 is 17.9 Å². The van der Waals surface area contributed by atoms with Crippen molar-refractivity contribution >= 4 is 21.6 Å². The van der Waals surface area contributed by atoms with Crippen molar-refractivity contribution in [2.45, 2.75) is 32.2 Å². The Bertz CT molecular complexity index is 1190. The first-order valence-corrected chi connectivity index (χ1v) is 11.6. The second-order valence-electron chi connectivity index (χ2n) is 7.61. The van der Waals surface area contributed by atoms with Gasteiger partial charge in [0.2, 0.25) is 5.91 Å². The van der Waals surface area contributed by atoms with Crippen molar-refractivity contribution in [3.05, 3.63) is 83.2 Å². The van der Waals surface area contributed by atoms with Crippen molar-refractivity contribution in [1.29, 1.82) is 0 Å². The van der Waals surface area contributed by atoms with Crippen molar-refractivity contribution in [1.82, 2.24) is 10.3 Å². The number of hydrogen-bond donors (Lipinski definition) is 1. The molecule has 0 fully saturated rings. The topological polar surface area (TPSA) is 88.6 Å². The highest BCUT2D eigenvalue weighted by atomic mass is 32.2. The number of carbonyl (C=O) groups is 1. The van der Waals surface area contributed by atoms with E-state index in [1.54, 1.807) is 55.6 Å². The van der Waals surface area contributed by atoms with Crippen LogP contribution in [-0.4, -0.2) is 33.0 Å². The molecule has 2 aromatic carbocycles. The molecule has 0 saturated carbocycles. The molecule has 168 valence electrons. The maximum atomic E-state index is 13.8. The van der Waals surface area contributed by atoms with Gasteiger partial charge >= 0.3 is 0 Å². The molecule has 8 heteroatoms. The summed E-state index contributed by atoms with van der Waals surface area (Å²) in [4.78, 5) is 17.0. The summed E-state index contributed by atoms with van der Waals surface area (Å²) in [6, 6.07) is 15.8. The lowest BCUT2D eigenvalue weighted by Crippen LogP contribution is -2.41. The molecular formula is C24H27N3O4S. The van der Waals surface area contributed by atoms with Crippen LogP contribution >= 0.6 is 0 Å². The molecule has 0 bridgehead atoms. The zero-order valence-corrected chi connectivity index (χ0v) is 19.4. The third-order valence-electron chi connectivity index (χ3n) is 4.86. The van der Waals surface area contributed by atoms with E-state index in [0.29, 0.717) is 11.4 Å². The van der Waals surface area contributed by atoms with E-state index in [9.17, 15) is 13.2 Å². The average Bonchev–Trinajstić information content (AvgIpc) is 2.76. The summed E-state index contributed by atoms with van der Waals surface area (Å²) in [6.07, 6.45) is 1.64. The maximum Gasteiger partial charge on any atom is 0.268 e. The summed E-state index contributed by atoms with van der Waals surface area (Å²) >= 11 is 0. The van der Waals surface area contributed by atoms with Crippen LogP contribution in [-0.2, 0) is 21.4 Å². The Morgan fingerprint density at radius 3 is 2.34 bits per heavy atom. The Morgan fingerprint density at radius 1 is 1.00 bits per heavy atom. The smallest absolute Gasteiger partial charge is 0.268 e. The van der Waals surface area contributed by atoms with E-state index in [1.165, 1.54) is 7.11 Å². The van der Waals surface area contributed by atoms with E-state index in [1.807, 2.05) is 26.0 Å². The van der Waals surface area contributed by atoms with Crippen LogP contribution in [0.2, 0.25) is 0 Å². The highest BCUT2D eigenvalue weighted by Gasteiger charge is 2.30. The summed E-state index contributed by atoms with van der Waals surface area (Å²) in [6.45, 7) is 5.40. The lowest BCUT2D eigenvalue weighted by atomic mass is 10.1. The van der Waals surface area contributed by atoms with E-state index < -0.39 is 15.9 Å². The van der Waals surface area contributed by atoms with Gasteiger partial charge < -0.3 is 10.1 Å². The van der Waals surface area contributed by atoms with Crippen molar-refractivity contribution in [3.8, 4) is 5.75 Å². The van der Waals surface area contributed by atoms with E-state index >= 15 is 0 Å². The lowest BCUT2D eigenvalue weighted by molar-refractivity contribution is -0.119. The minimum Gasteiger partial charge on any atom is -0.495 e. The van der Waals surface area contributed by atoms with Gasteiger partial charge in [-0.3, -0.25) is 14.1 Å². The predicted molar refractivity (Wildman–Crippen MR) is 124 cm³/mol. The molecule has 1 amide bonds. The summed E-state index contributed by atoms with van der Waals surface area (Å²) < 4.78 is 33.9. The molecule has 3 rings (SSSR count). The zero-order chi connectivity index (χ0) is 23.3. The second-order valence-corrected chi connectivity index (χ2v) is 9.44. The number of nitrogens with one attached hydrogen (secondary N) is 1. The molecule has 7 nitrogen and oxygen atoms in total. The van der Waals surface area contributed by atoms with Crippen LogP contribution in [0.4, 0.5) is 5.69 Å². The number of nitrogens with zero attached hydrogens (tertiary/aromatic N) is 2. The highest BCUT2D eigenvalue weighted by molar-refractivity contribution is 7.93. The van der Waals surface area contributed by atoms with Gasteiger partial charge in [0.15, 0.2) is 0 Å². The van der Waals surface area contributed by atoms with E-state index in [2.05, 4.69) is 10.3 Å². The monoisotopic (exact) mass is 453 g/mol. The number of hydrogen-bond acceptors (Lipinski definition) is 5. The minimum absolute atomic E-state index is 0.0108. The number of aryl methyl sites for hydroxylation is 3. The number of rotatable bonds is 8. The summed E-state index contributed by atoms with van der Waals surface area (Å²) in [5, 5.41) is 2.75. The van der Waals surface area contributed by atoms with Gasteiger partial charge in [-0.25, -0.2) is 8.42 Å². The van der Waals surface area contributed by atoms with Crippen LogP contribution in [0.3, 0.4) is 0 Å². The van der Waals surface area contributed by atoms with Crippen molar-refractivity contribution in [2.24, 2.45) is 0 Å². The number of methoxy groups -OCH3 is 1. The van der Waals surface area contributed by atoms with Gasteiger partial charge in [0.25, 0.3) is 10.0 Å². The van der Waals surface area contributed by atoms with Crippen LogP contribution < -0.4 is 14.4 Å². The molecule has 1 heterocycles. The molecule has 0 atom stereocenters. The first-order chi connectivity index (χ1) is 15.2. The summed E-state index contributed by atoms with van der Waals surface area (Å²) in [5.74, 6) is -0.219. The predicted octanol–water partition coefficient (Wildman–Crippen LogP) is 3.53. The van der Waals surface area contributed by atoms with Gasteiger partial charge in [0, 0.05) is 6.20 Å². The standard InChI is InChI=1S/C24H27N3O4S/c1-17-8-9-22(31-4)23(14-17)32(29,30)27(21-12-18(2)11-19(3)13-21)16-24(28)26-15-20-7-5-6-10-25-20/h5-14H,15-16H2,1-4H3,(H,26,28). The van der Waals surface area contributed by atoms with Crippen molar-refractivity contribution in [2.75, 3.05) is 18.0 Å². The van der Waals surface area contributed by atoms with Gasteiger partial charge in [0.1, 0.15) is 17.2 Å².